The molecule has 17 heavy (non-hydrogen) atoms. The summed E-state index contributed by atoms with van der Waals surface area (Å²) in [5.41, 5.74) is 3.98. The number of aromatic nitrogens is 1. The van der Waals surface area contributed by atoms with Gasteiger partial charge in [0.25, 0.3) is 0 Å². The molecule has 2 heterocycles. The molecule has 0 amide bonds. The number of hydrogen-bond donors (Lipinski definition) is 2. The Morgan fingerprint density at radius 3 is 3.06 bits per heavy atom. The van der Waals surface area contributed by atoms with E-state index in [0.29, 0.717) is 6.04 Å². The number of rotatable bonds is 1. The average Bonchev–Trinajstić information content (AvgIpc) is 2.72. The molecule has 1 aliphatic rings. The molecule has 1 aliphatic heterocycles. The van der Waals surface area contributed by atoms with E-state index < -0.39 is 0 Å². The number of H-pyrrole nitrogens is 1. The third-order valence-electron chi connectivity index (χ3n) is 3.74. The molecule has 0 spiro atoms. The zero-order valence-corrected chi connectivity index (χ0v) is 10.5. The highest BCUT2D eigenvalue weighted by atomic mass is 15.2. The van der Waals surface area contributed by atoms with Crippen LogP contribution in [0.2, 0.25) is 0 Å². The molecule has 0 aliphatic carbocycles. The topological polar surface area (TPSA) is 31.1 Å². The Labute approximate surface area is 102 Å². The first kappa shape index (κ1) is 10.8. The van der Waals surface area contributed by atoms with Crippen molar-refractivity contribution in [3.63, 3.8) is 0 Å². The van der Waals surface area contributed by atoms with Crippen LogP contribution in [0.1, 0.15) is 17.2 Å². The number of aryl methyl sites for hydroxylation is 1. The molecule has 1 atom stereocenters. The first-order valence-electron chi connectivity index (χ1n) is 6.24. The SMILES string of the molecule is Cc1ccc2[nH]cc(C3CNCCN3C)c2c1. The lowest BCUT2D eigenvalue weighted by Gasteiger charge is -2.33. The second-order valence-corrected chi connectivity index (χ2v) is 4.99. The van der Waals surface area contributed by atoms with Crippen LogP contribution in [0.5, 0.6) is 0 Å². The van der Waals surface area contributed by atoms with E-state index in [-0.39, 0.29) is 0 Å². The second-order valence-electron chi connectivity index (χ2n) is 4.99. The van der Waals surface area contributed by atoms with Gasteiger partial charge in [0.15, 0.2) is 0 Å². The van der Waals surface area contributed by atoms with Crippen LogP contribution >= 0.6 is 0 Å². The molecule has 90 valence electrons. The van der Waals surface area contributed by atoms with Crippen LogP contribution in [-0.4, -0.2) is 36.6 Å². The highest BCUT2D eigenvalue weighted by Crippen LogP contribution is 2.28. The van der Waals surface area contributed by atoms with E-state index in [1.165, 1.54) is 22.0 Å². The number of fused-ring (bicyclic) bond motifs is 1. The number of nitrogens with one attached hydrogen (secondary N) is 2. The smallest absolute Gasteiger partial charge is 0.0491 e. The molecule has 0 bridgehead atoms. The molecule has 2 N–H and O–H groups in total. The normalized spacial score (nSPS) is 22.1. The van der Waals surface area contributed by atoms with E-state index in [2.05, 4.69) is 53.6 Å². The summed E-state index contributed by atoms with van der Waals surface area (Å²) in [6.07, 6.45) is 2.16. The lowest BCUT2D eigenvalue weighted by atomic mass is 10.0. The first-order chi connectivity index (χ1) is 8.25. The van der Waals surface area contributed by atoms with Gasteiger partial charge in [-0.05, 0) is 31.7 Å². The Morgan fingerprint density at radius 1 is 1.35 bits per heavy atom. The van der Waals surface area contributed by atoms with Gasteiger partial charge in [0.1, 0.15) is 0 Å². The summed E-state index contributed by atoms with van der Waals surface area (Å²) in [6.45, 7) is 5.40. The van der Waals surface area contributed by atoms with Crippen molar-refractivity contribution in [2.75, 3.05) is 26.7 Å². The summed E-state index contributed by atoms with van der Waals surface area (Å²) in [6, 6.07) is 7.10. The van der Waals surface area contributed by atoms with Crippen LogP contribution in [0.4, 0.5) is 0 Å². The van der Waals surface area contributed by atoms with Gasteiger partial charge in [-0.15, -0.1) is 0 Å². The monoisotopic (exact) mass is 229 g/mol. The minimum atomic E-state index is 0.485. The van der Waals surface area contributed by atoms with E-state index >= 15 is 0 Å². The summed E-state index contributed by atoms with van der Waals surface area (Å²) in [7, 11) is 2.21. The molecule has 2 aromatic rings. The van der Waals surface area contributed by atoms with Crippen LogP contribution in [0.15, 0.2) is 24.4 Å². The number of likely N-dealkylation sites (N-methyl/N-ethyl adjacent to an activating group) is 1. The van der Waals surface area contributed by atoms with Crippen molar-refractivity contribution in [3.8, 4) is 0 Å². The lowest BCUT2D eigenvalue weighted by Crippen LogP contribution is -2.43. The fraction of sp³-hybridized carbons (Fsp3) is 0.429. The van der Waals surface area contributed by atoms with Crippen molar-refractivity contribution in [2.24, 2.45) is 0 Å². The number of benzene rings is 1. The van der Waals surface area contributed by atoms with Crippen molar-refractivity contribution < 1.29 is 0 Å². The van der Waals surface area contributed by atoms with Crippen molar-refractivity contribution in [2.45, 2.75) is 13.0 Å². The lowest BCUT2D eigenvalue weighted by molar-refractivity contribution is 0.203. The molecule has 3 rings (SSSR count). The predicted octanol–water partition coefficient (Wildman–Crippen LogP) is 2.05. The standard InChI is InChI=1S/C14H19N3/c1-10-3-4-13-11(7-10)12(8-16-13)14-9-15-5-6-17(14)2/h3-4,7-8,14-16H,5-6,9H2,1-2H3. The number of hydrogen-bond acceptors (Lipinski definition) is 2. The summed E-state index contributed by atoms with van der Waals surface area (Å²) in [5.74, 6) is 0. The first-order valence-corrected chi connectivity index (χ1v) is 6.24. The Morgan fingerprint density at radius 2 is 2.24 bits per heavy atom. The summed E-state index contributed by atoms with van der Waals surface area (Å²) >= 11 is 0. The molecule has 0 radical (unpaired) electrons. The molecule has 1 unspecified atom stereocenters. The number of aromatic amines is 1. The van der Waals surface area contributed by atoms with Gasteiger partial charge in [0, 0.05) is 42.8 Å². The maximum absolute atomic E-state index is 3.48. The fourth-order valence-corrected chi connectivity index (χ4v) is 2.68. The van der Waals surface area contributed by atoms with Gasteiger partial charge in [-0.3, -0.25) is 4.90 Å². The Hall–Kier alpha value is -1.32. The fourth-order valence-electron chi connectivity index (χ4n) is 2.68. The second kappa shape index (κ2) is 4.17. The van der Waals surface area contributed by atoms with E-state index in [1.807, 2.05) is 0 Å². The van der Waals surface area contributed by atoms with Gasteiger partial charge in [-0.2, -0.15) is 0 Å². The molecule has 1 aromatic carbocycles. The summed E-state index contributed by atoms with van der Waals surface area (Å²) in [5, 5.41) is 4.84. The number of nitrogens with zero attached hydrogens (tertiary/aromatic N) is 1. The third kappa shape index (κ3) is 1.85. The molecule has 3 heteroatoms. The van der Waals surface area contributed by atoms with Crippen LogP contribution in [-0.2, 0) is 0 Å². The number of piperazine rings is 1. The highest BCUT2D eigenvalue weighted by molar-refractivity contribution is 5.84. The molecule has 1 saturated heterocycles. The molecular formula is C14H19N3. The van der Waals surface area contributed by atoms with Gasteiger partial charge in [0.2, 0.25) is 0 Å². The van der Waals surface area contributed by atoms with E-state index in [1.54, 1.807) is 0 Å². The van der Waals surface area contributed by atoms with E-state index in [4.69, 9.17) is 0 Å². The molecule has 3 nitrogen and oxygen atoms in total. The third-order valence-corrected chi connectivity index (χ3v) is 3.74. The summed E-state index contributed by atoms with van der Waals surface area (Å²) < 4.78 is 0. The van der Waals surface area contributed by atoms with Gasteiger partial charge < -0.3 is 10.3 Å². The van der Waals surface area contributed by atoms with Crippen LogP contribution in [0.25, 0.3) is 10.9 Å². The van der Waals surface area contributed by atoms with Crippen molar-refractivity contribution in [1.82, 2.24) is 15.2 Å². The van der Waals surface area contributed by atoms with Gasteiger partial charge in [-0.1, -0.05) is 11.6 Å². The van der Waals surface area contributed by atoms with Crippen LogP contribution in [0, 0.1) is 6.92 Å². The van der Waals surface area contributed by atoms with Gasteiger partial charge in [0.05, 0.1) is 0 Å². The van der Waals surface area contributed by atoms with Crippen LogP contribution in [0.3, 0.4) is 0 Å². The van der Waals surface area contributed by atoms with Crippen molar-refractivity contribution in [1.29, 1.82) is 0 Å². The minimum absolute atomic E-state index is 0.485. The van der Waals surface area contributed by atoms with Crippen molar-refractivity contribution >= 4 is 10.9 Å². The maximum Gasteiger partial charge on any atom is 0.0491 e. The van der Waals surface area contributed by atoms with Gasteiger partial charge >= 0.3 is 0 Å². The minimum Gasteiger partial charge on any atom is -0.361 e. The van der Waals surface area contributed by atoms with Crippen molar-refractivity contribution in [3.05, 3.63) is 35.5 Å². The van der Waals surface area contributed by atoms with E-state index in [9.17, 15) is 0 Å². The molecule has 0 saturated carbocycles. The summed E-state index contributed by atoms with van der Waals surface area (Å²) in [4.78, 5) is 5.81. The molecule has 1 aromatic heterocycles. The quantitative estimate of drug-likeness (QED) is 0.784. The Balaban J connectivity index is 2.07. The van der Waals surface area contributed by atoms with Gasteiger partial charge in [-0.25, -0.2) is 0 Å². The predicted molar refractivity (Wildman–Crippen MR) is 71.3 cm³/mol. The van der Waals surface area contributed by atoms with E-state index in [0.717, 1.165) is 19.6 Å². The molecule has 1 fully saturated rings. The average molecular weight is 229 g/mol. The molecular weight excluding hydrogens is 210 g/mol. The highest BCUT2D eigenvalue weighted by Gasteiger charge is 2.22. The largest absolute Gasteiger partial charge is 0.361 e. The Kier molecular flexibility index (Phi) is 2.65. The zero-order chi connectivity index (χ0) is 11.8. The zero-order valence-electron chi connectivity index (χ0n) is 10.5. The maximum atomic E-state index is 3.48. The van der Waals surface area contributed by atoms with Crippen LogP contribution < -0.4 is 5.32 Å². The Bertz CT molecular complexity index is 529.